The van der Waals surface area contributed by atoms with Gasteiger partial charge in [-0.05, 0) is 25.8 Å². The smallest absolute Gasteiger partial charge is 0.429 e. The van der Waals surface area contributed by atoms with Gasteiger partial charge in [-0.3, -0.25) is 0 Å². The van der Waals surface area contributed by atoms with Crippen LogP contribution in [0.2, 0.25) is 0 Å². The molecular weight excluding hydrogens is 320 g/mol. The van der Waals surface area contributed by atoms with Gasteiger partial charge < -0.3 is 9.47 Å². The molecule has 1 aromatic carbocycles. The lowest BCUT2D eigenvalue weighted by Crippen LogP contribution is -2.53. The third-order valence-electron chi connectivity index (χ3n) is 3.77. The minimum atomic E-state index is -0.673. The van der Waals surface area contributed by atoms with Crippen LogP contribution in [0.3, 0.4) is 0 Å². The van der Waals surface area contributed by atoms with Crippen molar-refractivity contribution in [3.05, 3.63) is 54.1 Å². The lowest BCUT2D eigenvalue weighted by atomic mass is 10.0. The van der Waals surface area contributed by atoms with Crippen molar-refractivity contribution in [1.29, 1.82) is 0 Å². The van der Waals surface area contributed by atoms with Crippen LogP contribution in [0.15, 0.2) is 48.6 Å². The van der Waals surface area contributed by atoms with Crippen LogP contribution in [-0.4, -0.2) is 36.5 Å². The molecule has 25 heavy (non-hydrogen) atoms. The van der Waals surface area contributed by atoms with Crippen molar-refractivity contribution < 1.29 is 19.1 Å². The quantitative estimate of drug-likeness (QED) is 0.652. The number of hydrazine groups is 1. The van der Waals surface area contributed by atoms with Crippen molar-refractivity contribution in [2.45, 2.75) is 26.3 Å². The van der Waals surface area contributed by atoms with Crippen LogP contribution >= 0.6 is 0 Å². The van der Waals surface area contributed by atoms with E-state index < -0.39 is 12.2 Å². The van der Waals surface area contributed by atoms with Gasteiger partial charge in [-0.2, -0.15) is 0 Å². The Bertz CT molecular complexity index is 628. The maximum Gasteiger partial charge on any atom is 0.429 e. The number of hydrogen-bond acceptors (Lipinski definition) is 4. The molecule has 0 heterocycles. The number of rotatable bonds is 5. The van der Waals surface area contributed by atoms with E-state index in [0.29, 0.717) is 6.42 Å². The first kappa shape index (κ1) is 18.6. The summed E-state index contributed by atoms with van der Waals surface area (Å²) in [5.41, 5.74) is 3.57. The summed E-state index contributed by atoms with van der Waals surface area (Å²) >= 11 is 0. The molecule has 0 aromatic heterocycles. The van der Waals surface area contributed by atoms with E-state index >= 15 is 0 Å². The van der Waals surface area contributed by atoms with E-state index in [2.05, 4.69) is 5.43 Å². The van der Waals surface area contributed by atoms with Gasteiger partial charge in [0.05, 0.1) is 19.3 Å². The maximum atomic E-state index is 12.3. The second kappa shape index (κ2) is 9.52. The highest BCUT2D eigenvalue weighted by atomic mass is 16.6. The highest BCUT2D eigenvalue weighted by molar-refractivity contribution is 5.74. The van der Waals surface area contributed by atoms with Gasteiger partial charge in [0.1, 0.15) is 0 Å². The highest BCUT2D eigenvalue weighted by Crippen LogP contribution is 2.25. The van der Waals surface area contributed by atoms with Crippen LogP contribution < -0.4 is 5.43 Å². The zero-order valence-corrected chi connectivity index (χ0v) is 14.6. The largest absolute Gasteiger partial charge is 0.449 e. The molecule has 2 amide bonds. The normalized spacial score (nSPS) is 19.0. The van der Waals surface area contributed by atoms with Crippen molar-refractivity contribution in [3.63, 3.8) is 0 Å². The molecule has 0 radical (unpaired) electrons. The fraction of sp³-hybridized carbons (Fsp3) is 0.368. The molecule has 1 aliphatic rings. The molecule has 6 heteroatoms. The summed E-state index contributed by atoms with van der Waals surface area (Å²) in [5.74, 6) is -0.0356. The highest BCUT2D eigenvalue weighted by Gasteiger charge is 2.33. The predicted octanol–water partition coefficient (Wildman–Crippen LogP) is 3.76. The Kier molecular flexibility index (Phi) is 7.07. The van der Waals surface area contributed by atoms with E-state index in [0.717, 1.165) is 5.56 Å². The second-order valence-electron chi connectivity index (χ2n) is 5.48. The SMILES string of the molecule is CCOC(=O)NN(C(=O)OCC)[C@@H]1CC=C[C@H]1/C=C/c1ccccc1. The Balaban J connectivity index is 2.12. The molecule has 6 nitrogen and oxygen atoms in total. The molecule has 1 aliphatic carbocycles. The molecule has 0 spiro atoms. The van der Waals surface area contributed by atoms with E-state index in [1.54, 1.807) is 13.8 Å². The summed E-state index contributed by atoms with van der Waals surface area (Å²) in [7, 11) is 0. The van der Waals surface area contributed by atoms with E-state index in [9.17, 15) is 9.59 Å². The number of nitrogens with zero attached hydrogens (tertiary/aromatic N) is 1. The van der Waals surface area contributed by atoms with Gasteiger partial charge >= 0.3 is 12.2 Å². The summed E-state index contributed by atoms with van der Waals surface area (Å²) in [5, 5.41) is 1.22. The second-order valence-corrected chi connectivity index (χ2v) is 5.48. The van der Waals surface area contributed by atoms with Gasteiger partial charge in [-0.15, -0.1) is 0 Å². The van der Waals surface area contributed by atoms with Gasteiger partial charge in [-0.1, -0.05) is 54.6 Å². The zero-order valence-electron chi connectivity index (χ0n) is 14.6. The Labute approximate surface area is 148 Å². The summed E-state index contributed by atoms with van der Waals surface area (Å²) in [4.78, 5) is 24.1. The van der Waals surface area contributed by atoms with Crippen molar-refractivity contribution >= 4 is 18.3 Å². The number of amides is 2. The van der Waals surface area contributed by atoms with Crippen molar-refractivity contribution in [2.24, 2.45) is 5.92 Å². The Morgan fingerprint density at radius 2 is 1.92 bits per heavy atom. The molecule has 0 fully saturated rings. The lowest BCUT2D eigenvalue weighted by molar-refractivity contribution is 0.0521. The molecule has 0 saturated heterocycles. The lowest BCUT2D eigenvalue weighted by Gasteiger charge is -2.30. The molecule has 0 bridgehead atoms. The number of carbonyl (C=O) groups is 2. The monoisotopic (exact) mass is 344 g/mol. The minimum absolute atomic E-state index is 0.0356. The first-order valence-corrected chi connectivity index (χ1v) is 8.45. The molecule has 134 valence electrons. The van der Waals surface area contributed by atoms with Crippen molar-refractivity contribution in [1.82, 2.24) is 10.4 Å². The number of benzene rings is 1. The van der Waals surface area contributed by atoms with Crippen molar-refractivity contribution in [3.8, 4) is 0 Å². The Morgan fingerprint density at radius 1 is 1.20 bits per heavy atom. The minimum Gasteiger partial charge on any atom is -0.449 e. The molecule has 1 N–H and O–H groups in total. The van der Waals surface area contributed by atoms with Crippen molar-refractivity contribution in [2.75, 3.05) is 13.2 Å². The summed E-state index contributed by atoms with van der Waals surface area (Å²) in [6, 6.07) is 9.64. The molecule has 1 aromatic rings. The van der Waals surface area contributed by atoms with Crippen LogP contribution in [0.1, 0.15) is 25.8 Å². The average Bonchev–Trinajstić information content (AvgIpc) is 3.07. The fourth-order valence-electron chi connectivity index (χ4n) is 2.64. The zero-order chi connectivity index (χ0) is 18.1. The van der Waals surface area contributed by atoms with E-state index in [1.165, 1.54) is 5.01 Å². The number of carbonyl (C=O) groups excluding carboxylic acids is 2. The maximum absolute atomic E-state index is 12.3. The predicted molar refractivity (Wildman–Crippen MR) is 95.5 cm³/mol. The average molecular weight is 344 g/mol. The number of nitrogens with one attached hydrogen (secondary N) is 1. The number of ether oxygens (including phenoxy) is 2. The van der Waals surface area contributed by atoms with Gasteiger partial charge in [-0.25, -0.2) is 20.0 Å². The topological polar surface area (TPSA) is 67.9 Å². The van der Waals surface area contributed by atoms with Crippen LogP contribution in [-0.2, 0) is 9.47 Å². The van der Waals surface area contributed by atoms with Gasteiger partial charge in [0.25, 0.3) is 0 Å². The Hall–Kier alpha value is -2.76. The third kappa shape index (κ3) is 5.38. The fourth-order valence-corrected chi connectivity index (χ4v) is 2.64. The number of hydrogen-bond donors (Lipinski definition) is 1. The van der Waals surface area contributed by atoms with Crippen LogP contribution in [0, 0.1) is 5.92 Å². The molecule has 2 atom stereocenters. The van der Waals surface area contributed by atoms with Gasteiger partial charge in [0, 0.05) is 5.92 Å². The third-order valence-corrected chi connectivity index (χ3v) is 3.77. The standard InChI is InChI=1S/C19H24N2O4/c1-3-24-18(22)20-21(19(23)25-4-2)17-12-8-11-16(17)14-13-15-9-6-5-7-10-15/h5-11,13-14,16-17H,3-4,12H2,1-2H3,(H,20,22)/b14-13+/t16-,17+/m0/s1. The molecule has 0 unspecified atom stereocenters. The van der Waals surface area contributed by atoms with Gasteiger partial charge in [0.15, 0.2) is 0 Å². The van der Waals surface area contributed by atoms with Gasteiger partial charge in [0.2, 0.25) is 0 Å². The van der Waals surface area contributed by atoms with Crippen LogP contribution in [0.4, 0.5) is 9.59 Å². The molecule has 0 saturated carbocycles. The molecule has 2 rings (SSSR count). The molecule has 0 aliphatic heterocycles. The Morgan fingerprint density at radius 3 is 2.60 bits per heavy atom. The van der Waals surface area contributed by atoms with E-state index in [-0.39, 0.29) is 25.2 Å². The van der Waals surface area contributed by atoms with E-state index in [1.807, 2.05) is 54.6 Å². The first-order valence-electron chi connectivity index (χ1n) is 8.45. The first-order chi connectivity index (χ1) is 12.2. The van der Waals surface area contributed by atoms with E-state index in [4.69, 9.17) is 9.47 Å². The van der Waals surface area contributed by atoms with Crippen LogP contribution in [0.5, 0.6) is 0 Å². The summed E-state index contributed by atoms with van der Waals surface area (Å²) in [6.45, 7) is 3.88. The van der Waals surface area contributed by atoms with Crippen LogP contribution in [0.25, 0.3) is 6.08 Å². The summed E-state index contributed by atoms with van der Waals surface area (Å²) in [6.07, 6.45) is 7.38. The molecular formula is C19H24N2O4. The summed E-state index contributed by atoms with van der Waals surface area (Å²) < 4.78 is 9.96.